The number of aromatic nitrogens is 2. The normalized spacial score (nSPS) is 18.5. The molecule has 1 aromatic carbocycles. The van der Waals surface area contributed by atoms with Crippen molar-refractivity contribution < 1.29 is 9.18 Å². The summed E-state index contributed by atoms with van der Waals surface area (Å²) in [6.45, 7) is 1.26. The van der Waals surface area contributed by atoms with Crippen molar-refractivity contribution >= 4 is 11.7 Å². The van der Waals surface area contributed by atoms with Crippen LogP contribution in [0.25, 0.3) is 0 Å². The first kappa shape index (κ1) is 18.1. The Bertz CT molecular complexity index is 836. The van der Waals surface area contributed by atoms with E-state index in [0.29, 0.717) is 17.9 Å². The lowest BCUT2D eigenvalue weighted by Gasteiger charge is -2.35. The molecule has 0 bridgehead atoms. The fraction of sp³-hybridized carbons (Fsp3) is 0.389. The number of halogens is 1. The van der Waals surface area contributed by atoms with Gasteiger partial charge in [0.1, 0.15) is 11.9 Å². The highest BCUT2D eigenvalue weighted by molar-refractivity contribution is 5.81. The summed E-state index contributed by atoms with van der Waals surface area (Å²) >= 11 is 0. The Labute approximate surface area is 150 Å². The number of hydrogen-bond donors (Lipinski definition) is 2. The van der Waals surface area contributed by atoms with Crippen molar-refractivity contribution in [3.63, 3.8) is 0 Å². The van der Waals surface area contributed by atoms with E-state index in [1.54, 1.807) is 31.6 Å². The summed E-state index contributed by atoms with van der Waals surface area (Å²) in [4.78, 5) is 30.3. The van der Waals surface area contributed by atoms with Gasteiger partial charge in [0.2, 0.25) is 5.91 Å². The third kappa shape index (κ3) is 3.91. The van der Waals surface area contributed by atoms with E-state index in [1.165, 1.54) is 16.7 Å². The highest BCUT2D eigenvalue weighted by Gasteiger charge is 2.27. The van der Waals surface area contributed by atoms with Crippen LogP contribution in [0.3, 0.4) is 0 Å². The van der Waals surface area contributed by atoms with Crippen LogP contribution in [0.15, 0.2) is 41.5 Å². The highest BCUT2D eigenvalue weighted by Crippen LogP contribution is 2.19. The molecule has 1 aliphatic rings. The summed E-state index contributed by atoms with van der Waals surface area (Å²) in [6.07, 6.45) is 4.91. The summed E-state index contributed by atoms with van der Waals surface area (Å²) < 4.78 is 14.6. The van der Waals surface area contributed by atoms with Crippen LogP contribution in [0.5, 0.6) is 0 Å². The highest BCUT2D eigenvalue weighted by atomic mass is 19.1. The van der Waals surface area contributed by atoms with Gasteiger partial charge in [-0.2, -0.15) is 0 Å². The molecule has 1 amide bonds. The Balaban J connectivity index is 1.76. The average Bonchev–Trinajstić information content (AvgIpc) is 2.63. The van der Waals surface area contributed by atoms with E-state index in [0.717, 1.165) is 19.4 Å². The predicted molar refractivity (Wildman–Crippen MR) is 96.2 cm³/mol. The smallest absolute Gasteiger partial charge is 0.293 e. The van der Waals surface area contributed by atoms with Crippen LogP contribution in [0.2, 0.25) is 0 Å². The van der Waals surface area contributed by atoms with Crippen molar-refractivity contribution in [1.82, 2.24) is 14.9 Å². The van der Waals surface area contributed by atoms with Gasteiger partial charge in [-0.25, -0.2) is 9.37 Å². The van der Waals surface area contributed by atoms with E-state index in [-0.39, 0.29) is 17.4 Å². The van der Waals surface area contributed by atoms with Gasteiger partial charge in [0.25, 0.3) is 5.56 Å². The van der Waals surface area contributed by atoms with Crippen LogP contribution in [0.1, 0.15) is 24.4 Å². The lowest BCUT2D eigenvalue weighted by molar-refractivity contribution is -0.120. The quantitative estimate of drug-likeness (QED) is 0.820. The maximum absolute atomic E-state index is 13.1. The molecule has 1 aliphatic heterocycles. The number of amides is 1. The molecule has 0 spiro atoms. The number of nitrogens with zero attached hydrogens (tertiary/aromatic N) is 3. The van der Waals surface area contributed by atoms with Crippen molar-refractivity contribution in [2.24, 2.45) is 12.8 Å². The second kappa shape index (κ2) is 7.65. The lowest BCUT2D eigenvalue weighted by atomic mass is 10.0. The van der Waals surface area contributed by atoms with Crippen molar-refractivity contribution in [3.8, 4) is 0 Å². The minimum atomic E-state index is -0.716. The van der Waals surface area contributed by atoms with Crippen LogP contribution >= 0.6 is 0 Å². The molecule has 0 saturated carbocycles. The largest absolute Gasteiger partial charge is 0.368 e. The molecule has 3 N–H and O–H groups in total. The third-order valence-corrected chi connectivity index (χ3v) is 4.61. The number of hydrogen-bond acceptors (Lipinski definition) is 5. The minimum absolute atomic E-state index is 0.0435. The van der Waals surface area contributed by atoms with E-state index in [4.69, 9.17) is 5.73 Å². The fourth-order valence-electron chi connectivity index (χ4n) is 3.24. The Hall–Kier alpha value is -2.74. The predicted octanol–water partition coefficient (Wildman–Crippen LogP) is 0.704. The van der Waals surface area contributed by atoms with Gasteiger partial charge in [-0.1, -0.05) is 12.1 Å². The van der Waals surface area contributed by atoms with Crippen LogP contribution in [0.4, 0.5) is 10.2 Å². The van der Waals surface area contributed by atoms with Gasteiger partial charge in [0.15, 0.2) is 5.82 Å². The number of aryl methyl sites for hydroxylation is 1. The molecule has 1 saturated heterocycles. The van der Waals surface area contributed by atoms with Gasteiger partial charge in [0.05, 0.1) is 0 Å². The van der Waals surface area contributed by atoms with E-state index in [2.05, 4.69) is 10.3 Å². The SMILES string of the molecule is Cn1ccnc(N2CCC[C@H](N[C@H](C(N)=O)c3ccc(F)cc3)C2)c1=O. The van der Waals surface area contributed by atoms with Crippen molar-refractivity contribution in [3.05, 3.63) is 58.4 Å². The van der Waals surface area contributed by atoms with Gasteiger partial charge in [0, 0.05) is 38.6 Å². The molecule has 3 rings (SSSR count). The first-order valence-corrected chi connectivity index (χ1v) is 8.53. The van der Waals surface area contributed by atoms with E-state index >= 15 is 0 Å². The van der Waals surface area contributed by atoms with Crippen LogP contribution in [0, 0.1) is 5.82 Å². The average molecular weight is 359 g/mol. The first-order valence-electron chi connectivity index (χ1n) is 8.53. The van der Waals surface area contributed by atoms with Gasteiger partial charge in [-0.05, 0) is 30.5 Å². The second-order valence-corrected chi connectivity index (χ2v) is 6.51. The molecule has 1 fully saturated rings. The maximum atomic E-state index is 13.1. The molecule has 0 unspecified atom stereocenters. The fourth-order valence-corrected chi connectivity index (χ4v) is 3.24. The van der Waals surface area contributed by atoms with Gasteiger partial charge in [-0.15, -0.1) is 0 Å². The van der Waals surface area contributed by atoms with E-state index in [9.17, 15) is 14.0 Å². The van der Waals surface area contributed by atoms with Gasteiger partial charge in [-0.3, -0.25) is 14.9 Å². The Morgan fingerprint density at radius 1 is 1.38 bits per heavy atom. The molecule has 0 radical (unpaired) electrons. The zero-order valence-electron chi connectivity index (χ0n) is 14.6. The summed E-state index contributed by atoms with van der Waals surface area (Å²) in [6, 6.07) is 4.94. The number of piperidine rings is 1. The van der Waals surface area contributed by atoms with Crippen molar-refractivity contribution in [2.75, 3.05) is 18.0 Å². The number of nitrogens with one attached hydrogen (secondary N) is 1. The molecular weight excluding hydrogens is 337 g/mol. The molecular formula is C18H22FN5O2. The third-order valence-electron chi connectivity index (χ3n) is 4.61. The van der Waals surface area contributed by atoms with Crippen LogP contribution in [-0.2, 0) is 11.8 Å². The summed E-state index contributed by atoms with van der Waals surface area (Å²) in [5.41, 5.74) is 6.00. The number of carbonyl (C=O) groups is 1. The number of primary amides is 1. The van der Waals surface area contributed by atoms with Crippen molar-refractivity contribution in [2.45, 2.75) is 24.9 Å². The molecule has 2 heterocycles. The molecule has 2 aromatic rings. The molecule has 8 heteroatoms. The molecule has 2 atom stereocenters. The zero-order chi connectivity index (χ0) is 18.7. The minimum Gasteiger partial charge on any atom is -0.368 e. The van der Waals surface area contributed by atoms with Crippen molar-refractivity contribution in [1.29, 1.82) is 0 Å². The van der Waals surface area contributed by atoms with Crippen LogP contribution in [-0.4, -0.2) is 34.6 Å². The number of carbonyl (C=O) groups excluding carboxylic acids is 1. The molecule has 1 aromatic heterocycles. The zero-order valence-corrected chi connectivity index (χ0v) is 14.6. The number of rotatable bonds is 5. The van der Waals surface area contributed by atoms with E-state index < -0.39 is 11.9 Å². The van der Waals surface area contributed by atoms with E-state index in [1.807, 2.05) is 4.90 Å². The summed E-state index contributed by atoms with van der Waals surface area (Å²) in [5, 5.41) is 3.25. The molecule has 0 aliphatic carbocycles. The Morgan fingerprint density at radius 3 is 2.81 bits per heavy atom. The van der Waals surface area contributed by atoms with Gasteiger partial charge < -0.3 is 15.2 Å². The molecule has 7 nitrogen and oxygen atoms in total. The molecule has 138 valence electrons. The Kier molecular flexibility index (Phi) is 5.32. The van der Waals surface area contributed by atoms with Gasteiger partial charge >= 0.3 is 0 Å². The second-order valence-electron chi connectivity index (χ2n) is 6.51. The lowest BCUT2D eigenvalue weighted by Crippen LogP contribution is -2.50. The topological polar surface area (TPSA) is 93.2 Å². The van der Waals surface area contributed by atoms with Crippen LogP contribution < -0.4 is 21.5 Å². The monoisotopic (exact) mass is 359 g/mol. The Morgan fingerprint density at radius 2 is 2.12 bits per heavy atom. The first-order chi connectivity index (χ1) is 12.5. The summed E-state index contributed by atoms with van der Waals surface area (Å²) in [7, 11) is 1.69. The number of benzene rings is 1. The number of anilines is 1. The maximum Gasteiger partial charge on any atom is 0.293 e. The summed E-state index contributed by atoms with van der Waals surface area (Å²) in [5.74, 6) is -0.492. The molecule has 26 heavy (non-hydrogen) atoms. The number of nitrogens with two attached hydrogens (primary N) is 1. The standard InChI is InChI=1S/C18H22FN5O2/c1-23-10-8-21-17(18(23)26)24-9-2-3-14(11-24)22-15(16(20)25)12-4-6-13(19)7-5-12/h4-8,10,14-15,22H,2-3,9,11H2,1H3,(H2,20,25)/t14-,15-/m0/s1.